The lowest BCUT2D eigenvalue weighted by atomic mass is 10.1. The van der Waals surface area contributed by atoms with Crippen LogP contribution in [0.5, 0.6) is 0 Å². The maximum Gasteiger partial charge on any atom is 0.0456 e. The van der Waals surface area contributed by atoms with Crippen LogP contribution in [-0.2, 0) is 6.42 Å². The minimum atomic E-state index is 0.681. The Labute approximate surface area is 82.7 Å². The van der Waals surface area contributed by atoms with Crippen molar-refractivity contribution in [2.24, 2.45) is 0 Å². The van der Waals surface area contributed by atoms with Crippen LogP contribution in [0, 0.1) is 6.92 Å². The van der Waals surface area contributed by atoms with E-state index in [1.165, 1.54) is 22.0 Å². The molecule has 0 fully saturated rings. The number of benzene rings is 1. The van der Waals surface area contributed by atoms with Gasteiger partial charge in [0, 0.05) is 23.0 Å². The van der Waals surface area contributed by atoms with Crippen LogP contribution >= 0.6 is 11.6 Å². The number of alkyl halides is 1. The summed E-state index contributed by atoms with van der Waals surface area (Å²) in [6, 6.07) is 6.43. The van der Waals surface area contributed by atoms with Gasteiger partial charge in [-0.1, -0.05) is 11.6 Å². The summed E-state index contributed by atoms with van der Waals surface area (Å²) in [5.74, 6) is 0.681. The highest BCUT2D eigenvalue weighted by molar-refractivity contribution is 6.18. The van der Waals surface area contributed by atoms with Crippen molar-refractivity contribution in [2.45, 2.75) is 13.3 Å². The number of rotatable bonds is 2. The van der Waals surface area contributed by atoms with E-state index < -0.39 is 0 Å². The molecule has 1 aromatic carbocycles. The van der Waals surface area contributed by atoms with Crippen LogP contribution in [0.15, 0.2) is 24.4 Å². The average Bonchev–Trinajstić information content (AvgIpc) is 2.49. The minimum absolute atomic E-state index is 0.681. The summed E-state index contributed by atoms with van der Waals surface area (Å²) in [7, 11) is 0. The molecule has 1 aromatic heterocycles. The lowest BCUT2D eigenvalue weighted by molar-refractivity contribution is 1.16. The van der Waals surface area contributed by atoms with Crippen LogP contribution in [-0.4, -0.2) is 10.9 Å². The van der Waals surface area contributed by atoms with Crippen molar-refractivity contribution in [1.82, 2.24) is 4.98 Å². The lowest BCUT2D eigenvalue weighted by Crippen LogP contribution is -1.83. The Kier molecular flexibility index (Phi) is 2.28. The molecule has 0 atom stereocenters. The van der Waals surface area contributed by atoms with Crippen molar-refractivity contribution in [3.8, 4) is 0 Å². The van der Waals surface area contributed by atoms with Gasteiger partial charge in [-0.3, -0.25) is 0 Å². The molecule has 0 saturated carbocycles. The third-order valence-corrected chi connectivity index (χ3v) is 2.48. The predicted molar refractivity (Wildman–Crippen MR) is 57.5 cm³/mol. The number of aryl methyl sites for hydroxylation is 2. The van der Waals surface area contributed by atoms with Crippen molar-refractivity contribution < 1.29 is 0 Å². The standard InChI is InChI=1S/C11H12ClN/c1-8-2-3-11-10(6-8)9(4-5-12)7-13-11/h2-3,6-7,13H,4-5H2,1H3. The van der Waals surface area contributed by atoms with Gasteiger partial charge in [-0.2, -0.15) is 0 Å². The molecule has 2 heteroatoms. The molecular weight excluding hydrogens is 182 g/mol. The largest absolute Gasteiger partial charge is 0.361 e. The fraction of sp³-hybridized carbons (Fsp3) is 0.273. The number of halogens is 1. The summed E-state index contributed by atoms with van der Waals surface area (Å²) in [6.07, 6.45) is 2.98. The quantitative estimate of drug-likeness (QED) is 0.705. The van der Waals surface area contributed by atoms with Gasteiger partial charge in [0.2, 0.25) is 0 Å². The molecule has 1 heterocycles. The summed E-state index contributed by atoms with van der Waals surface area (Å²) in [4.78, 5) is 3.24. The van der Waals surface area contributed by atoms with E-state index in [9.17, 15) is 0 Å². The van der Waals surface area contributed by atoms with Crippen LogP contribution in [0.3, 0.4) is 0 Å². The van der Waals surface area contributed by atoms with E-state index in [0.29, 0.717) is 5.88 Å². The molecule has 0 spiro atoms. The molecule has 0 aliphatic heterocycles. The summed E-state index contributed by atoms with van der Waals surface area (Å²) in [5, 5.41) is 1.31. The van der Waals surface area contributed by atoms with E-state index in [-0.39, 0.29) is 0 Å². The first kappa shape index (κ1) is 8.64. The molecule has 1 N–H and O–H groups in total. The Balaban J connectivity index is 2.58. The molecule has 0 unspecified atom stereocenters. The summed E-state index contributed by atoms with van der Waals surface area (Å²) >= 11 is 5.72. The molecule has 0 radical (unpaired) electrons. The molecule has 0 aliphatic carbocycles. The van der Waals surface area contributed by atoms with Gasteiger partial charge in [-0.25, -0.2) is 0 Å². The molecule has 0 bridgehead atoms. The normalized spacial score (nSPS) is 10.9. The topological polar surface area (TPSA) is 15.8 Å². The Bertz CT molecular complexity index is 417. The van der Waals surface area contributed by atoms with Gasteiger partial charge < -0.3 is 4.98 Å². The summed E-state index contributed by atoms with van der Waals surface area (Å²) < 4.78 is 0. The first-order chi connectivity index (χ1) is 6.31. The minimum Gasteiger partial charge on any atom is -0.361 e. The number of fused-ring (bicyclic) bond motifs is 1. The number of aromatic nitrogens is 1. The van der Waals surface area contributed by atoms with Crippen LogP contribution in [0.25, 0.3) is 10.9 Å². The molecule has 13 heavy (non-hydrogen) atoms. The number of hydrogen-bond donors (Lipinski definition) is 1. The van der Waals surface area contributed by atoms with Crippen molar-refractivity contribution in [3.05, 3.63) is 35.5 Å². The Hall–Kier alpha value is -0.950. The van der Waals surface area contributed by atoms with E-state index in [2.05, 4.69) is 30.1 Å². The van der Waals surface area contributed by atoms with E-state index in [1.54, 1.807) is 0 Å². The Morgan fingerprint density at radius 2 is 2.23 bits per heavy atom. The SMILES string of the molecule is Cc1ccc2[nH]cc(CCCl)c2c1. The molecule has 68 valence electrons. The van der Waals surface area contributed by atoms with Gasteiger partial charge in [0.25, 0.3) is 0 Å². The summed E-state index contributed by atoms with van der Waals surface area (Å²) in [6.45, 7) is 2.11. The molecule has 0 amide bonds. The van der Waals surface area contributed by atoms with Gasteiger partial charge in [-0.05, 0) is 31.0 Å². The van der Waals surface area contributed by atoms with E-state index in [4.69, 9.17) is 11.6 Å². The van der Waals surface area contributed by atoms with Crippen molar-refractivity contribution >= 4 is 22.5 Å². The second-order valence-corrected chi connectivity index (χ2v) is 3.68. The monoisotopic (exact) mass is 193 g/mol. The maximum atomic E-state index is 5.72. The first-order valence-electron chi connectivity index (χ1n) is 4.44. The van der Waals surface area contributed by atoms with E-state index in [1.807, 2.05) is 6.20 Å². The zero-order valence-corrected chi connectivity index (χ0v) is 8.36. The second kappa shape index (κ2) is 3.43. The zero-order valence-electron chi connectivity index (χ0n) is 7.60. The number of aromatic amines is 1. The Morgan fingerprint density at radius 3 is 3.00 bits per heavy atom. The number of H-pyrrole nitrogens is 1. The highest BCUT2D eigenvalue weighted by Gasteiger charge is 2.02. The molecule has 1 nitrogen and oxygen atoms in total. The number of hydrogen-bond acceptors (Lipinski definition) is 0. The fourth-order valence-corrected chi connectivity index (χ4v) is 1.80. The van der Waals surface area contributed by atoms with Crippen LogP contribution in [0.2, 0.25) is 0 Å². The van der Waals surface area contributed by atoms with Crippen molar-refractivity contribution in [2.75, 3.05) is 5.88 Å². The third kappa shape index (κ3) is 1.56. The van der Waals surface area contributed by atoms with E-state index >= 15 is 0 Å². The van der Waals surface area contributed by atoms with Gasteiger partial charge in [0.05, 0.1) is 0 Å². The molecular formula is C11H12ClN. The molecule has 0 aliphatic rings. The second-order valence-electron chi connectivity index (χ2n) is 3.30. The summed E-state index contributed by atoms with van der Waals surface area (Å²) in [5.41, 5.74) is 3.81. The molecule has 0 saturated heterocycles. The third-order valence-electron chi connectivity index (χ3n) is 2.29. The highest BCUT2D eigenvalue weighted by Crippen LogP contribution is 2.20. The average molecular weight is 194 g/mol. The van der Waals surface area contributed by atoms with Crippen molar-refractivity contribution in [3.63, 3.8) is 0 Å². The lowest BCUT2D eigenvalue weighted by Gasteiger charge is -1.96. The highest BCUT2D eigenvalue weighted by atomic mass is 35.5. The van der Waals surface area contributed by atoms with Crippen LogP contribution < -0.4 is 0 Å². The van der Waals surface area contributed by atoms with Gasteiger partial charge in [-0.15, -0.1) is 11.6 Å². The van der Waals surface area contributed by atoms with Gasteiger partial charge >= 0.3 is 0 Å². The van der Waals surface area contributed by atoms with Gasteiger partial charge in [0.15, 0.2) is 0 Å². The smallest absolute Gasteiger partial charge is 0.0456 e. The first-order valence-corrected chi connectivity index (χ1v) is 4.97. The molecule has 2 aromatic rings. The predicted octanol–water partition coefficient (Wildman–Crippen LogP) is 3.26. The van der Waals surface area contributed by atoms with E-state index in [0.717, 1.165) is 6.42 Å². The van der Waals surface area contributed by atoms with Crippen LogP contribution in [0.1, 0.15) is 11.1 Å². The maximum absolute atomic E-state index is 5.72. The fourth-order valence-electron chi connectivity index (χ4n) is 1.60. The molecule has 2 rings (SSSR count). The number of nitrogens with one attached hydrogen (secondary N) is 1. The zero-order chi connectivity index (χ0) is 9.26. The van der Waals surface area contributed by atoms with Gasteiger partial charge in [0.1, 0.15) is 0 Å². The Morgan fingerprint density at radius 1 is 1.38 bits per heavy atom. The van der Waals surface area contributed by atoms with Crippen LogP contribution in [0.4, 0.5) is 0 Å². The van der Waals surface area contributed by atoms with Crippen molar-refractivity contribution in [1.29, 1.82) is 0 Å².